The van der Waals surface area contributed by atoms with Crippen molar-refractivity contribution in [3.63, 3.8) is 0 Å². The molecule has 9 N–H and O–H groups in total. The number of hydrogen-bond donors (Lipinski definition) is 6. The molecule has 0 aliphatic carbocycles. The van der Waals surface area contributed by atoms with Crippen LogP contribution in [0.15, 0.2) is 29.3 Å². The summed E-state index contributed by atoms with van der Waals surface area (Å²) in [4.78, 5) is 28.3. The molecule has 0 aliphatic rings. The van der Waals surface area contributed by atoms with Crippen LogP contribution in [0.4, 0.5) is 0 Å². The highest BCUT2D eigenvalue weighted by Gasteiger charge is 2.28. The van der Waals surface area contributed by atoms with Gasteiger partial charge in [-0.25, -0.2) is 9.80 Å². The summed E-state index contributed by atoms with van der Waals surface area (Å²) in [5.41, 5.74) is 11.3. The maximum absolute atomic E-state index is 12.9. The summed E-state index contributed by atoms with van der Waals surface area (Å²) in [6.07, 6.45) is 3.69. The van der Waals surface area contributed by atoms with E-state index in [1.165, 1.54) is 17.1 Å². The predicted octanol–water partition coefficient (Wildman–Crippen LogP) is 0.292. The van der Waals surface area contributed by atoms with Crippen molar-refractivity contribution >= 4 is 17.8 Å². The Morgan fingerprint density at radius 1 is 1.17 bits per heavy atom. The summed E-state index contributed by atoms with van der Waals surface area (Å²) in [6.45, 7) is 2.85. The molecule has 0 aromatic heterocycles. The number of benzene rings is 1. The molecule has 0 bridgehead atoms. The third kappa shape index (κ3) is 9.57. The Morgan fingerprint density at radius 3 is 2.40 bits per heavy atom. The Labute approximate surface area is 177 Å². The zero-order chi connectivity index (χ0) is 22.5. The molecule has 30 heavy (non-hydrogen) atoms. The second-order valence-corrected chi connectivity index (χ2v) is 7.18. The van der Waals surface area contributed by atoms with E-state index in [2.05, 4.69) is 17.2 Å². The van der Waals surface area contributed by atoms with Gasteiger partial charge in [0.15, 0.2) is 5.96 Å². The number of aliphatic imine (C=N–C) groups is 1. The monoisotopic (exact) mass is 422 g/mol. The summed E-state index contributed by atoms with van der Waals surface area (Å²) < 4.78 is 0. The molecule has 1 amide bonds. The number of phenolic OH excluding ortho intramolecular Hbond substituents is 1. The molecule has 2 unspecified atom stereocenters. The van der Waals surface area contributed by atoms with Crippen molar-refractivity contribution in [2.24, 2.45) is 22.3 Å². The van der Waals surface area contributed by atoms with Gasteiger partial charge in [0, 0.05) is 13.1 Å². The van der Waals surface area contributed by atoms with Crippen molar-refractivity contribution in [3.8, 4) is 5.75 Å². The quantitative estimate of drug-likeness (QED) is 0.0813. The molecule has 0 aliphatic heterocycles. The Hall–Kier alpha value is -2.85. The van der Waals surface area contributed by atoms with Crippen LogP contribution < -0.4 is 22.6 Å². The molecule has 0 spiro atoms. The lowest BCUT2D eigenvalue weighted by Gasteiger charge is -2.28. The largest absolute Gasteiger partial charge is 0.508 e. The number of carbonyl (C=O) groups excluding carboxylic acids is 1. The molecule has 0 saturated carbocycles. The van der Waals surface area contributed by atoms with Crippen molar-refractivity contribution in [1.29, 1.82) is 0 Å². The van der Waals surface area contributed by atoms with Gasteiger partial charge in [-0.05, 0) is 43.4 Å². The van der Waals surface area contributed by atoms with Crippen molar-refractivity contribution < 1.29 is 19.8 Å². The van der Waals surface area contributed by atoms with Gasteiger partial charge < -0.3 is 27.0 Å². The van der Waals surface area contributed by atoms with Crippen LogP contribution in [0.1, 0.15) is 44.6 Å². The van der Waals surface area contributed by atoms with E-state index in [-0.39, 0.29) is 31.1 Å². The normalized spacial score (nSPS) is 12.9. The van der Waals surface area contributed by atoms with E-state index in [4.69, 9.17) is 17.3 Å². The number of aromatic hydroxyl groups is 1. The topological polar surface area (TPSA) is 180 Å². The fraction of sp³-hybridized carbons (Fsp3) is 0.550. The minimum Gasteiger partial charge on any atom is -0.508 e. The van der Waals surface area contributed by atoms with Gasteiger partial charge in [0.1, 0.15) is 17.8 Å². The van der Waals surface area contributed by atoms with E-state index in [9.17, 15) is 19.8 Å². The van der Waals surface area contributed by atoms with E-state index < -0.39 is 24.0 Å². The van der Waals surface area contributed by atoms with Gasteiger partial charge in [-0.15, -0.1) is 0 Å². The highest BCUT2D eigenvalue weighted by molar-refractivity contribution is 5.87. The van der Waals surface area contributed by atoms with Crippen LogP contribution in [0, 0.1) is 0 Å². The smallest absolute Gasteiger partial charge is 0.326 e. The van der Waals surface area contributed by atoms with Crippen LogP contribution in [0.5, 0.6) is 5.75 Å². The number of hydrogen-bond acceptors (Lipinski definition) is 6. The number of aliphatic carboxylic acids is 1. The average Bonchev–Trinajstić information content (AvgIpc) is 2.69. The molecular weight excluding hydrogens is 388 g/mol. The highest BCUT2D eigenvalue weighted by atomic mass is 16.4. The minimum atomic E-state index is -1.13. The Bertz CT molecular complexity index is 691. The van der Waals surface area contributed by atoms with E-state index in [0.29, 0.717) is 13.0 Å². The number of amides is 1. The van der Waals surface area contributed by atoms with Gasteiger partial charge in [-0.2, -0.15) is 0 Å². The number of guanidine groups is 1. The number of carbonyl (C=O) groups is 2. The highest BCUT2D eigenvalue weighted by Crippen LogP contribution is 2.14. The van der Waals surface area contributed by atoms with Crippen LogP contribution in [0.2, 0.25) is 0 Å². The first kappa shape index (κ1) is 25.2. The number of carboxylic acids is 1. The SMILES string of the molecule is CCCCCN(N)C(Cc1ccc(O)cc1)C(=O)NC(CCCN=C(N)N)C(=O)O. The first-order chi connectivity index (χ1) is 14.2. The number of nitrogens with two attached hydrogens (primary N) is 3. The van der Waals surface area contributed by atoms with Gasteiger partial charge in [0.25, 0.3) is 0 Å². The Morgan fingerprint density at radius 2 is 1.83 bits per heavy atom. The van der Waals surface area contributed by atoms with Crippen LogP contribution >= 0.6 is 0 Å². The van der Waals surface area contributed by atoms with Crippen molar-refractivity contribution in [3.05, 3.63) is 29.8 Å². The number of phenols is 1. The fourth-order valence-corrected chi connectivity index (χ4v) is 2.94. The number of nitrogens with one attached hydrogen (secondary N) is 1. The summed E-state index contributed by atoms with van der Waals surface area (Å²) in [5, 5.41) is 23.0. The van der Waals surface area contributed by atoms with Crippen molar-refractivity contribution in [1.82, 2.24) is 10.3 Å². The van der Waals surface area contributed by atoms with Gasteiger partial charge >= 0.3 is 5.97 Å². The van der Waals surface area contributed by atoms with Gasteiger partial charge in [-0.1, -0.05) is 31.9 Å². The minimum absolute atomic E-state index is 0.0641. The molecule has 1 rings (SSSR count). The molecule has 10 heteroatoms. The number of unbranched alkanes of at least 4 members (excludes halogenated alkanes) is 2. The molecule has 10 nitrogen and oxygen atoms in total. The molecule has 2 atom stereocenters. The van der Waals surface area contributed by atoms with Gasteiger partial charge in [0.2, 0.25) is 5.91 Å². The first-order valence-electron chi connectivity index (χ1n) is 10.1. The molecule has 0 heterocycles. The number of carboxylic acid groups (broad SMARTS) is 1. The summed E-state index contributed by atoms with van der Waals surface area (Å²) in [6, 6.07) is 4.67. The fourth-order valence-electron chi connectivity index (χ4n) is 2.94. The second-order valence-electron chi connectivity index (χ2n) is 7.18. The molecule has 0 radical (unpaired) electrons. The summed E-state index contributed by atoms with van der Waals surface area (Å²) in [5.74, 6) is 4.64. The average molecular weight is 423 g/mol. The number of hydrazine groups is 1. The zero-order valence-corrected chi connectivity index (χ0v) is 17.5. The third-order valence-corrected chi connectivity index (χ3v) is 4.65. The lowest BCUT2D eigenvalue weighted by Crippen LogP contribution is -2.55. The summed E-state index contributed by atoms with van der Waals surface area (Å²) in [7, 11) is 0. The molecule has 0 saturated heterocycles. The predicted molar refractivity (Wildman–Crippen MR) is 115 cm³/mol. The molecule has 0 fully saturated rings. The molecule has 1 aromatic carbocycles. The van der Waals surface area contributed by atoms with Crippen molar-refractivity contribution in [2.75, 3.05) is 13.1 Å². The molecule has 168 valence electrons. The summed E-state index contributed by atoms with van der Waals surface area (Å²) >= 11 is 0. The standard InChI is InChI=1S/C20H34N6O4/c1-2-3-4-12-26(23)17(13-14-7-9-15(27)10-8-14)18(28)25-16(19(29)30)6-5-11-24-20(21)22/h7-10,16-17,27H,2-6,11-13,23H2,1H3,(H,25,28)(H,29,30)(H4,21,22,24). The van der Waals surface area contributed by atoms with Crippen LogP contribution in [0.25, 0.3) is 0 Å². The first-order valence-corrected chi connectivity index (χ1v) is 10.1. The lowest BCUT2D eigenvalue weighted by atomic mass is 10.0. The second kappa shape index (κ2) is 13.4. The van der Waals surface area contributed by atoms with E-state index >= 15 is 0 Å². The number of nitrogens with zero attached hydrogens (tertiary/aromatic N) is 2. The van der Waals surface area contributed by atoms with Crippen LogP contribution in [-0.4, -0.2) is 58.2 Å². The zero-order valence-electron chi connectivity index (χ0n) is 17.5. The van der Waals surface area contributed by atoms with Gasteiger partial charge in [0.05, 0.1) is 0 Å². The third-order valence-electron chi connectivity index (χ3n) is 4.65. The Kier molecular flexibility index (Phi) is 11.2. The Balaban J connectivity index is 2.85. The maximum atomic E-state index is 12.9. The maximum Gasteiger partial charge on any atom is 0.326 e. The molecular formula is C20H34N6O4. The van der Waals surface area contributed by atoms with Crippen molar-refractivity contribution in [2.45, 2.75) is 57.5 Å². The van der Waals surface area contributed by atoms with Crippen LogP contribution in [0.3, 0.4) is 0 Å². The molecule has 1 aromatic rings. The van der Waals surface area contributed by atoms with Gasteiger partial charge in [-0.3, -0.25) is 15.6 Å². The van der Waals surface area contributed by atoms with E-state index in [1.807, 2.05) is 0 Å². The number of rotatable bonds is 14. The lowest BCUT2D eigenvalue weighted by molar-refractivity contribution is -0.143. The van der Waals surface area contributed by atoms with Crippen LogP contribution in [-0.2, 0) is 16.0 Å². The van der Waals surface area contributed by atoms with E-state index in [0.717, 1.165) is 24.8 Å². The van der Waals surface area contributed by atoms with E-state index in [1.54, 1.807) is 12.1 Å².